The standard InChI is InChI=1S/C48H60N2O6/c1(5-9-29-51-35-47-37-55-47)3-7-11-31-53-45-25-13-39(14-26-45)33-49-43-21-17-41(18-22-43)42-19-23-44(24-20-42)50-34-40-15-27-46(28-16-40)54-32-12-8-4-2-6-10-30-52-36-48-38-56-48/h13-28,33-34,47-48H,1-12,29-32,35-38H2. The number of nitrogens with zero attached hydrogens (tertiary/aromatic N) is 2. The second kappa shape index (κ2) is 24.3. The van der Waals surface area contributed by atoms with E-state index < -0.39 is 0 Å². The van der Waals surface area contributed by atoms with E-state index in [2.05, 4.69) is 58.5 Å². The van der Waals surface area contributed by atoms with Gasteiger partial charge in [-0.15, -0.1) is 0 Å². The summed E-state index contributed by atoms with van der Waals surface area (Å²) in [4.78, 5) is 9.36. The van der Waals surface area contributed by atoms with Gasteiger partial charge in [-0.2, -0.15) is 0 Å². The van der Waals surface area contributed by atoms with Gasteiger partial charge in [-0.05, 0) is 121 Å². The number of epoxide rings is 2. The average Bonchev–Trinajstić information content (AvgIpc) is 4.19. The number of unbranched alkanes of at least 4 members (excludes halogenated alkanes) is 10. The van der Waals surface area contributed by atoms with E-state index in [-0.39, 0.29) is 0 Å². The minimum Gasteiger partial charge on any atom is -0.494 e. The minimum atomic E-state index is 0.371. The summed E-state index contributed by atoms with van der Waals surface area (Å²) < 4.78 is 33.4. The Hall–Kier alpha value is -4.34. The van der Waals surface area contributed by atoms with Crippen molar-refractivity contribution in [3.8, 4) is 22.6 Å². The topological polar surface area (TPSA) is 86.7 Å². The molecule has 0 radical (unpaired) electrons. The molecule has 56 heavy (non-hydrogen) atoms. The van der Waals surface area contributed by atoms with Gasteiger partial charge in [-0.1, -0.05) is 75.6 Å². The summed E-state index contributed by atoms with van der Waals surface area (Å²) in [6.45, 7) is 6.48. The first kappa shape index (κ1) is 41.3. The Morgan fingerprint density at radius 1 is 0.429 bits per heavy atom. The van der Waals surface area contributed by atoms with Crippen LogP contribution in [0.1, 0.15) is 88.2 Å². The fourth-order valence-electron chi connectivity index (χ4n) is 6.24. The van der Waals surface area contributed by atoms with E-state index in [1.165, 1.54) is 51.4 Å². The molecule has 8 nitrogen and oxygen atoms in total. The molecule has 4 aromatic rings. The fourth-order valence-corrected chi connectivity index (χ4v) is 6.24. The van der Waals surface area contributed by atoms with E-state index >= 15 is 0 Å². The Labute approximate surface area is 334 Å². The zero-order chi connectivity index (χ0) is 38.3. The summed E-state index contributed by atoms with van der Waals surface area (Å²) in [5.74, 6) is 1.81. The second-order valence-corrected chi connectivity index (χ2v) is 14.7. The third kappa shape index (κ3) is 16.8. The lowest BCUT2D eigenvalue weighted by atomic mass is 10.1. The predicted molar refractivity (Wildman–Crippen MR) is 227 cm³/mol. The molecule has 8 heteroatoms. The van der Waals surface area contributed by atoms with Crippen LogP contribution in [-0.4, -0.2) is 77.5 Å². The van der Waals surface area contributed by atoms with Gasteiger partial charge in [-0.3, -0.25) is 9.98 Å². The molecule has 4 aromatic carbocycles. The Bertz CT molecular complexity index is 1570. The molecule has 0 amide bonds. The fraction of sp³-hybridized carbons (Fsp3) is 0.458. The molecular formula is C48H60N2O6. The summed E-state index contributed by atoms with van der Waals surface area (Å²) in [7, 11) is 0. The number of aliphatic imine (C=N–C) groups is 2. The predicted octanol–water partition coefficient (Wildman–Crippen LogP) is 11.1. The van der Waals surface area contributed by atoms with Gasteiger partial charge >= 0.3 is 0 Å². The maximum Gasteiger partial charge on any atom is 0.119 e. The molecule has 2 atom stereocenters. The van der Waals surface area contributed by atoms with Gasteiger partial charge < -0.3 is 28.4 Å². The molecule has 2 heterocycles. The largest absolute Gasteiger partial charge is 0.494 e. The van der Waals surface area contributed by atoms with Crippen molar-refractivity contribution >= 4 is 23.8 Å². The quantitative estimate of drug-likeness (QED) is 0.0311. The van der Waals surface area contributed by atoms with Crippen LogP contribution in [0.4, 0.5) is 11.4 Å². The first-order valence-electron chi connectivity index (χ1n) is 20.9. The monoisotopic (exact) mass is 760 g/mol. The zero-order valence-corrected chi connectivity index (χ0v) is 33.0. The molecule has 0 bridgehead atoms. The lowest BCUT2D eigenvalue weighted by molar-refractivity contribution is 0.113. The number of ether oxygens (including phenoxy) is 6. The molecule has 2 fully saturated rings. The number of hydrogen-bond acceptors (Lipinski definition) is 8. The summed E-state index contributed by atoms with van der Waals surface area (Å²) in [6, 6.07) is 32.9. The van der Waals surface area contributed by atoms with E-state index in [9.17, 15) is 0 Å². The molecule has 0 aliphatic carbocycles. The van der Waals surface area contributed by atoms with E-state index in [0.717, 1.165) is 124 Å². The molecule has 2 saturated heterocycles. The first-order chi connectivity index (χ1) is 27.8. The van der Waals surface area contributed by atoms with Crippen molar-refractivity contribution in [1.82, 2.24) is 0 Å². The van der Waals surface area contributed by atoms with Gasteiger partial charge in [0.2, 0.25) is 0 Å². The van der Waals surface area contributed by atoms with E-state index in [4.69, 9.17) is 28.4 Å². The highest BCUT2D eigenvalue weighted by atomic mass is 16.6. The maximum absolute atomic E-state index is 5.95. The molecule has 2 unspecified atom stereocenters. The van der Waals surface area contributed by atoms with Gasteiger partial charge in [0.05, 0.1) is 51.0 Å². The van der Waals surface area contributed by atoms with Crippen LogP contribution >= 0.6 is 0 Å². The third-order valence-electron chi connectivity index (χ3n) is 9.87. The minimum absolute atomic E-state index is 0.371. The molecule has 6 rings (SSSR count). The summed E-state index contributed by atoms with van der Waals surface area (Å²) in [6.07, 6.45) is 18.8. The summed E-state index contributed by atoms with van der Waals surface area (Å²) in [5, 5.41) is 0. The second-order valence-electron chi connectivity index (χ2n) is 14.7. The van der Waals surface area contributed by atoms with E-state index in [1.54, 1.807) is 0 Å². The average molecular weight is 761 g/mol. The molecular weight excluding hydrogens is 701 g/mol. The van der Waals surface area contributed by atoms with Crippen molar-refractivity contribution in [2.75, 3.05) is 52.9 Å². The van der Waals surface area contributed by atoms with Crippen molar-refractivity contribution in [3.05, 3.63) is 108 Å². The van der Waals surface area contributed by atoms with Crippen LogP contribution in [0.25, 0.3) is 11.1 Å². The first-order valence-corrected chi connectivity index (χ1v) is 20.9. The van der Waals surface area contributed by atoms with Crippen LogP contribution in [-0.2, 0) is 18.9 Å². The van der Waals surface area contributed by atoms with Crippen molar-refractivity contribution in [1.29, 1.82) is 0 Å². The van der Waals surface area contributed by atoms with Crippen molar-refractivity contribution in [2.45, 2.75) is 89.3 Å². The molecule has 298 valence electrons. The lowest BCUT2D eigenvalue weighted by Crippen LogP contribution is -2.02. The third-order valence-corrected chi connectivity index (χ3v) is 9.87. The molecule has 2 aliphatic rings. The molecule has 0 aromatic heterocycles. The van der Waals surface area contributed by atoms with E-state index in [1.807, 2.05) is 61.0 Å². The molecule has 0 N–H and O–H groups in total. The lowest BCUT2D eigenvalue weighted by Gasteiger charge is -2.07. The van der Waals surface area contributed by atoms with Crippen molar-refractivity contribution < 1.29 is 28.4 Å². The highest BCUT2D eigenvalue weighted by Gasteiger charge is 2.22. The number of rotatable bonds is 29. The van der Waals surface area contributed by atoms with Crippen molar-refractivity contribution in [3.63, 3.8) is 0 Å². The van der Waals surface area contributed by atoms with Crippen LogP contribution in [0, 0.1) is 0 Å². The zero-order valence-electron chi connectivity index (χ0n) is 33.0. The van der Waals surface area contributed by atoms with Gasteiger partial charge in [0.1, 0.15) is 23.7 Å². The highest BCUT2D eigenvalue weighted by molar-refractivity contribution is 5.83. The highest BCUT2D eigenvalue weighted by Crippen LogP contribution is 2.25. The van der Waals surface area contributed by atoms with Gasteiger partial charge in [0.15, 0.2) is 0 Å². The summed E-state index contributed by atoms with van der Waals surface area (Å²) >= 11 is 0. The van der Waals surface area contributed by atoms with Crippen LogP contribution in [0.3, 0.4) is 0 Å². The number of benzene rings is 4. The van der Waals surface area contributed by atoms with Crippen LogP contribution in [0.2, 0.25) is 0 Å². The van der Waals surface area contributed by atoms with Gasteiger partial charge in [0, 0.05) is 25.6 Å². The van der Waals surface area contributed by atoms with Gasteiger partial charge in [-0.25, -0.2) is 0 Å². The molecule has 0 spiro atoms. The Kier molecular flexibility index (Phi) is 17.9. The molecule has 0 saturated carbocycles. The Balaban J connectivity index is 0.811. The van der Waals surface area contributed by atoms with Crippen LogP contribution < -0.4 is 9.47 Å². The molecule has 2 aliphatic heterocycles. The Morgan fingerprint density at radius 2 is 0.768 bits per heavy atom. The summed E-state index contributed by atoms with van der Waals surface area (Å²) in [5.41, 5.74) is 6.19. The smallest absolute Gasteiger partial charge is 0.119 e. The van der Waals surface area contributed by atoms with Gasteiger partial charge in [0.25, 0.3) is 0 Å². The maximum atomic E-state index is 5.95. The van der Waals surface area contributed by atoms with Crippen molar-refractivity contribution in [2.24, 2.45) is 9.98 Å². The Morgan fingerprint density at radius 3 is 1.12 bits per heavy atom. The SMILES string of the molecule is C(=Nc1ccc(-c2ccc(N=Cc3ccc(OCCCCCCCCOCC4CO4)cc3)cc2)cc1)c1ccc(OCCCCCCCCOCC2CO2)cc1. The van der Waals surface area contributed by atoms with Crippen LogP contribution in [0.15, 0.2) is 107 Å². The number of hydrogen-bond donors (Lipinski definition) is 0. The normalized spacial score (nSPS) is 16.1. The van der Waals surface area contributed by atoms with E-state index in [0.29, 0.717) is 12.2 Å². The van der Waals surface area contributed by atoms with Crippen LogP contribution in [0.5, 0.6) is 11.5 Å².